The minimum absolute atomic E-state index is 0.0241. The first kappa shape index (κ1) is 17.2. The van der Waals surface area contributed by atoms with Crippen molar-refractivity contribution in [3.05, 3.63) is 54.6 Å². The van der Waals surface area contributed by atoms with Crippen LogP contribution in [0.15, 0.2) is 54.6 Å². The summed E-state index contributed by atoms with van der Waals surface area (Å²) in [7, 11) is 0. The molecule has 0 atom stereocenters. The highest BCUT2D eigenvalue weighted by molar-refractivity contribution is 6.00. The lowest BCUT2D eigenvalue weighted by Crippen LogP contribution is -2.28. The fourth-order valence-corrected chi connectivity index (χ4v) is 3.26. The molecule has 0 bridgehead atoms. The Morgan fingerprint density at radius 3 is 2.70 bits per heavy atom. The average molecular weight is 363 g/mol. The lowest BCUT2D eigenvalue weighted by atomic mass is 9.96. The van der Waals surface area contributed by atoms with Gasteiger partial charge in [-0.2, -0.15) is 0 Å². The van der Waals surface area contributed by atoms with Crippen LogP contribution in [0, 0.1) is 0 Å². The van der Waals surface area contributed by atoms with Gasteiger partial charge >= 0.3 is 0 Å². The van der Waals surface area contributed by atoms with Gasteiger partial charge in [0, 0.05) is 12.1 Å². The first-order valence-electron chi connectivity index (χ1n) is 9.07. The maximum atomic E-state index is 11.8. The smallest absolute Gasteiger partial charge is 0.257 e. The van der Waals surface area contributed by atoms with Crippen molar-refractivity contribution in [3.8, 4) is 28.4 Å². The minimum Gasteiger partial charge on any atom is -0.486 e. The van der Waals surface area contributed by atoms with Gasteiger partial charge in [0.1, 0.15) is 19.0 Å². The normalized spacial score (nSPS) is 12.6. The van der Waals surface area contributed by atoms with Crippen LogP contribution in [0.2, 0.25) is 0 Å². The Morgan fingerprint density at radius 1 is 1.04 bits per heavy atom. The second-order valence-corrected chi connectivity index (χ2v) is 6.26. The predicted octanol–water partition coefficient (Wildman–Crippen LogP) is 3.79. The largest absolute Gasteiger partial charge is 0.486 e. The molecule has 1 heterocycles. The van der Waals surface area contributed by atoms with E-state index in [9.17, 15) is 4.79 Å². The van der Waals surface area contributed by atoms with Crippen LogP contribution in [0.4, 0.5) is 0 Å². The Morgan fingerprint density at radius 2 is 1.85 bits per heavy atom. The molecule has 0 saturated heterocycles. The van der Waals surface area contributed by atoms with Crippen LogP contribution >= 0.6 is 0 Å². The molecule has 4 rings (SSSR count). The van der Waals surface area contributed by atoms with Gasteiger partial charge in [0.15, 0.2) is 18.1 Å². The summed E-state index contributed by atoms with van der Waals surface area (Å²) in [4.78, 5) is 11.8. The molecule has 1 amide bonds. The molecule has 0 unspecified atom stereocenters. The number of carbonyl (C=O) groups excluding carboxylic acids is 1. The van der Waals surface area contributed by atoms with Crippen LogP contribution in [0.5, 0.6) is 17.2 Å². The van der Waals surface area contributed by atoms with Crippen LogP contribution in [0.1, 0.15) is 6.92 Å². The summed E-state index contributed by atoms with van der Waals surface area (Å²) in [5.74, 6) is 1.99. The molecule has 0 aliphatic carbocycles. The van der Waals surface area contributed by atoms with E-state index in [2.05, 4.69) is 17.4 Å². The second kappa shape index (κ2) is 7.58. The Balaban J connectivity index is 1.79. The highest BCUT2D eigenvalue weighted by Crippen LogP contribution is 2.41. The fraction of sp³-hybridized carbons (Fsp3) is 0.227. The third-order valence-electron chi connectivity index (χ3n) is 4.45. The summed E-state index contributed by atoms with van der Waals surface area (Å²) in [6, 6.07) is 17.9. The van der Waals surface area contributed by atoms with Gasteiger partial charge in [0.2, 0.25) is 0 Å². The van der Waals surface area contributed by atoms with Gasteiger partial charge < -0.3 is 19.5 Å². The van der Waals surface area contributed by atoms with Gasteiger partial charge in [-0.05, 0) is 41.5 Å². The summed E-state index contributed by atoms with van der Waals surface area (Å²) in [6.07, 6.45) is 0. The number of hydrogen-bond donors (Lipinski definition) is 1. The van der Waals surface area contributed by atoms with Gasteiger partial charge in [-0.25, -0.2) is 0 Å². The molecule has 3 aromatic rings. The molecule has 0 aromatic heterocycles. The van der Waals surface area contributed by atoms with Crippen molar-refractivity contribution in [2.24, 2.45) is 0 Å². The number of carbonyl (C=O) groups is 1. The van der Waals surface area contributed by atoms with Crippen molar-refractivity contribution in [1.82, 2.24) is 5.32 Å². The van der Waals surface area contributed by atoms with E-state index >= 15 is 0 Å². The standard InChI is InChI=1S/C22H21NO4/c1-2-23-21(24)14-27-19-10-7-15-5-3-4-6-17(15)22(19)16-8-9-18-20(13-16)26-12-11-25-18/h3-10,13H,2,11-12,14H2,1H3,(H,23,24). The van der Waals surface area contributed by atoms with Crippen molar-refractivity contribution >= 4 is 16.7 Å². The van der Waals surface area contributed by atoms with Gasteiger partial charge in [-0.3, -0.25) is 4.79 Å². The summed E-state index contributed by atoms with van der Waals surface area (Å²) >= 11 is 0. The molecule has 5 heteroatoms. The number of fused-ring (bicyclic) bond motifs is 2. The molecule has 5 nitrogen and oxygen atoms in total. The summed E-state index contributed by atoms with van der Waals surface area (Å²) in [5.41, 5.74) is 1.90. The van der Waals surface area contributed by atoms with E-state index < -0.39 is 0 Å². The van der Waals surface area contributed by atoms with E-state index in [-0.39, 0.29) is 12.5 Å². The monoisotopic (exact) mass is 363 g/mol. The molecule has 1 N–H and O–H groups in total. The molecule has 0 fully saturated rings. The zero-order valence-electron chi connectivity index (χ0n) is 15.2. The molecular formula is C22H21NO4. The highest BCUT2D eigenvalue weighted by Gasteiger charge is 2.17. The zero-order chi connectivity index (χ0) is 18.6. The summed E-state index contributed by atoms with van der Waals surface area (Å²) < 4.78 is 17.2. The first-order chi connectivity index (χ1) is 13.3. The van der Waals surface area contributed by atoms with Crippen molar-refractivity contribution in [2.45, 2.75) is 6.92 Å². The summed E-state index contributed by atoms with van der Waals surface area (Å²) in [5, 5.41) is 4.91. The SMILES string of the molecule is CCNC(=O)COc1ccc2ccccc2c1-c1ccc2c(c1)OCCO2. The second-order valence-electron chi connectivity index (χ2n) is 6.26. The molecule has 138 valence electrons. The van der Waals surface area contributed by atoms with E-state index in [1.165, 1.54) is 0 Å². The topological polar surface area (TPSA) is 56.8 Å². The maximum Gasteiger partial charge on any atom is 0.257 e. The van der Waals surface area contributed by atoms with E-state index in [1.54, 1.807) is 0 Å². The Bertz CT molecular complexity index is 983. The third-order valence-corrected chi connectivity index (χ3v) is 4.45. The molecule has 0 spiro atoms. The molecule has 3 aromatic carbocycles. The average Bonchev–Trinajstić information content (AvgIpc) is 2.71. The van der Waals surface area contributed by atoms with Crippen LogP contribution in [0.3, 0.4) is 0 Å². The fourth-order valence-electron chi connectivity index (χ4n) is 3.26. The molecule has 1 aliphatic rings. The number of rotatable bonds is 5. The number of likely N-dealkylation sites (N-methyl/N-ethyl adjacent to an activating group) is 1. The van der Waals surface area contributed by atoms with Crippen LogP contribution in [-0.4, -0.2) is 32.3 Å². The predicted molar refractivity (Wildman–Crippen MR) is 105 cm³/mol. The number of nitrogens with one attached hydrogen (secondary N) is 1. The molecule has 27 heavy (non-hydrogen) atoms. The van der Waals surface area contributed by atoms with Crippen LogP contribution in [0.25, 0.3) is 21.9 Å². The maximum absolute atomic E-state index is 11.8. The lowest BCUT2D eigenvalue weighted by molar-refractivity contribution is -0.122. The van der Waals surface area contributed by atoms with E-state index in [0.717, 1.165) is 33.4 Å². The number of amides is 1. The lowest BCUT2D eigenvalue weighted by Gasteiger charge is -2.20. The van der Waals surface area contributed by atoms with Crippen molar-refractivity contribution in [1.29, 1.82) is 0 Å². The number of hydrogen-bond acceptors (Lipinski definition) is 4. The molecule has 0 radical (unpaired) electrons. The minimum atomic E-state index is -0.140. The summed E-state index contributed by atoms with van der Waals surface area (Å²) in [6.45, 7) is 3.53. The molecule has 0 saturated carbocycles. The third kappa shape index (κ3) is 3.53. The van der Waals surface area contributed by atoms with E-state index in [4.69, 9.17) is 14.2 Å². The quantitative estimate of drug-likeness (QED) is 0.749. The van der Waals surface area contributed by atoms with Crippen LogP contribution in [-0.2, 0) is 4.79 Å². The number of benzene rings is 3. The molecule has 1 aliphatic heterocycles. The molecular weight excluding hydrogens is 342 g/mol. The number of ether oxygens (including phenoxy) is 3. The van der Waals surface area contributed by atoms with Gasteiger partial charge in [0.05, 0.1) is 0 Å². The van der Waals surface area contributed by atoms with Crippen molar-refractivity contribution < 1.29 is 19.0 Å². The Kier molecular flexibility index (Phi) is 4.83. The van der Waals surface area contributed by atoms with Crippen molar-refractivity contribution in [2.75, 3.05) is 26.4 Å². The van der Waals surface area contributed by atoms with E-state index in [1.807, 2.05) is 49.4 Å². The Labute approximate surface area is 157 Å². The van der Waals surface area contributed by atoms with Gasteiger partial charge in [-0.1, -0.05) is 36.4 Å². The zero-order valence-corrected chi connectivity index (χ0v) is 15.2. The van der Waals surface area contributed by atoms with Crippen molar-refractivity contribution in [3.63, 3.8) is 0 Å². The first-order valence-corrected chi connectivity index (χ1v) is 9.07. The van der Waals surface area contributed by atoms with Gasteiger partial charge in [-0.15, -0.1) is 0 Å². The highest BCUT2D eigenvalue weighted by atomic mass is 16.6. The Hall–Kier alpha value is -3.21. The van der Waals surface area contributed by atoms with Crippen LogP contribution < -0.4 is 19.5 Å². The van der Waals surface area contributed by atoms with E-state index in [0.29, 0.717) is 25.5 Å². The van der Waals surface area contributed by atoms with Gasteiger partial charge in [0.25, 0.3) is 5.91 Å².